The number of pyridine rings is 1. The Morgan fingerprint density at radius 3 is 2.82 bits per heavy atom. The molecule has 0 bridgehead atoms. The minimum Gasteiger partial charge on any atom is -0.481 e. The van der Waals surface area contributed by atoms with Crippen LogP contribution in [0.15, 0.2) is 54.9 Å². The van der Waals surface area contributed by atoms with Crippen molar-refractivity contribution in [1.29, 1.82) is 0 Å². The molecule has 0 aliphatic carbocycles. The number of nitrogens with zero attached hydrogens (tertiary/aromatic N) is 4. The van der Waals surface area contributed by atoms with Crippen LogP contribution in [0, 0.1) is 0 Å². The summed E-state index contributed by atoms with van der Waals surface area (Å²) in [7, 11) is 0. The van der Waals surface area contributed by atoms with Crippen molar-refractivity contribution in [3.8, 4) is 0 Å². The molecular formula is C25H29N5O4. The zero-order chi connectivity index (χ0) is 23.8. The van der Waals surface area contributed by atoms with Gasteiger partial charge < -0.3 is 20.1 Å². The van der Waals surface area contributed by atoms with Crippen molar-refractivity contribution >= 4 is 17.9 Å². The number of hydrogen-bond donors (Lipinski definition) is 2. The first kappa shape index (κ1) is 23.3. The van der Waals surface area contributed by atoms with Gasteiger partial charge in [-0.3, -0.25) is 9.48 Å². The van der Waals surface area contributed by atoms with Crippen molar-refractivity contribution in [2.45, 2.75) is 45.4 Å². The van der Waals surface area contributed by atoms with Gasteiger partial charge in [0.1, 0.15) is 12.4 Å². The fourth-order valence-corrected chi connectivity index (χ4v) is 3.84. The molecule has 3 aromatic rings. The minimum atomic E-state index is -0.969. The number of aromatic nitrogens is 3. The van der Waals surface area contributed by atoms with Crippen LogP contribution in [-0.4, -0.2) is 49.9 Å². The summed E-state index contributed by atoms with van der Waals surface area (Å²) >= 11 is 0. The number of rotatable bonds is 10. The summed E-state index contributed by atoms with van der Waals surface area (Å²) in [6.45, 7) is 2.02. The van der Waals surface area contributed by atoms with Gasteiger partial charge in [-0.2, -0.15) is 5.10 Å². The maximum absolute atomic E-state index is 12.6. The van der Waals surface area contributed by atoms with Crippen molar-refractivity contribution in [3.63, 3.8) is 0 Å². The highest BCUT2D eigenvalue weighted by Crippen LogP contribution is 2.20. The summed E-state index contributed by atoms with van der Waals surface area (Å²) in [4.78, 5) is 29.8. The zero-order valence-electron chi connectivity index (χ0n) is 19.0. The summed E-state index contributed by atoms with van der Waals surface area (Å²) in [6, 6.07) is 13.6. The number of hydrogen-bond acceptors (Lipinski definition) is 6. The molecule has 2 N–H and O–H groups in total. The maximum Gasteiger partial charge on any atom is 0.410 e. The normalized spacial score (nSPS) is 12.5. The van der Waals surface area contributed by atoms with E-state index in [2.05, 4.69) is 22.5 Å². The molecule has 9 heteroatoms. The number of aliphatic carboxylic acids is 1. The molecule has 9 nitrogen and oxygen atoms in total. The number of aryl methyl sites for hydroxylation is 3. The van der Waals surface area contributed by atoms with Gasteiger partial charge in [0.15, 0.2) is 0 Å². The highest BCUT2D eigenvalue weighted by molar-refractivity contribution is 5.70. The third-order valence-electron chi connectivity index (χ3n) is 5.67. The van der Waals surface area contributed by atoms with Crippen LogP contribution >= 0.6 is 0 Å². The van der Waals surface area contributed by atoms with Crippen LogP contribution < -0.4 is 5.32 Å². The smallest absolute Gasteiger partial charge is 0.410 e. The highest BCUT2D eigenvalue weighted by Gasteiger charge is 2.18. The van der Waals surface area contributed by atoms with Crippen LogP contribution in [0.5, 0.6) is 0 Å². The third kappa shape index (κ3) is 6.57. The standard InChI is InChI=1S/C25H29N5O4/c31-23(32)11-13-29(25(33)34-18-19-5-2-1-3-6-19)16-20-15-27-30(17-20)14-10-22-9-8-21-7-4-12-26-24(21)28-22/h1-3,5-6,8-9,15,17H,4,7,10-14,16,18H2,(H,26,28)(H,31,32). The molecule has 0 saturated heterocycles. The SMILES string of the molecule is O=C(O)CCN(Cc1cnn(CCc2ccc3c(n2)NCCC3)c1)C(=O)OCc1ccccc1. The molecule has 1 amide bonds. The van der Waals surface area contributed by atoms with E-state index in [1.165, 1.54) is 10.5 Å². The van der Waals surface area contributed by atoms with E-state index in [0.717, 1.165) is 48.4 Å². The van der Waals surface area contributed by atoms with Gasteiger partial charge in [0.2, 0.25) is 0 Å². The van der Waals surface area contributed by atoms with E-state index in [9.17, 15) is 9.59 Å². The lowest BCUT2D eigenvalue weighted by atomic mass is 10.1. The number of carbonyl (C=O) groups is 2. The second-order valence-corrected chi connectivity index (χ2v) is 8.31. The van der Waals surface area contributed by atoms with Crippen molar-refractivity contribution < 1.29 is 19.4 Å². The number of carboxylic acids is 1. The Morgan fingerprint density at radius 1 is 1.15 bits per heavy atom. The predicted molar refractivity (Wildman–Crippen MR) is 126 cm³/mol. The second kappa shape index (κ2) is 11.3. The van der Waals surface area contributed by atoms with Crippen LogP contribution in [0.3, 0.4) is 0 Å². The fourth-order valence-electron chi connectivity index (χ4n) is 3.84. The summed E-state index contributed by atoms with van der Waals surface area (Å²) in [5.41, 5.74) is 3.93. The lowest BCUT2D eigenvalue weighted by Crippen LogP contribution is -2.33. The first-order chi connectivity index (χ1) is 16.6. The van der Waals surface area contributed by atoms with Crippen molar-refractivity contribution in [2.75, 3.05) is 18.4 Å². The van der Waals surface area contributed by atoms with Crippen molar-refractivity contribution in [3.05, 3.63) is 77.2 Å². The largest absolute Gasteiger partial charge is 0.481 e. The van der Waals surface area contributed by atoms with E-state index in [4.69, 9.17) is 14.8 Å². The lowest BCUT2D eigenvalue weighted by Gasteiger charge is -2.21. The van der Waals surface area contributed by atoms with Crippen molar-refractivity contribution in [1.82, 2.24) is 19.7 Å². The molecule has 1 aliphatic rings. The Morgan fingerprint density at radius 2 is 2.00 bits per heavy atom. The van der Waals surface area contributed by atoms with Crippen LogP contribution in [0.4, 0.5) is 10.6 Å². The molecule has 34 heavy (non-hydrogen) atoms. The molecule has 0 saturated carbocycles. The van der Waals surface area contributed by atoms with Gasteiger partial charge in [0.05, 0.1) is 19.2 Å². The number of anilines is 1. The zero-order valence-corrected chi connectivity index (χ0v) is 19.0. The average molecular weight is 464 g/mol. The topological polar surface area (TPSA) is 110 Å². The molecule has 4 rings (SSSR count). The lowest BCUT2D eigenvalue weighted by molar-refractivity contribution is -0.137. The number of amides is 1. The van der Waals surface area contributed by atoms with E-state index in [1.54, 1.807) is 6.20 Å². The Hall–Kier alpha value is -3.88. The number of ether oxygens (including phenoxy) is 1. The summed E-state index contributed by atoms with van der Waals surface area (Å²) < 4.78 is 7.22. The minimum absolute atomic E-state index is 0.0557. The Kier molecular flexibility index (Phi) is 7.75. The van der Waals surface area contributed by atoms with Crippen LogP contribution in [0.25, 0.3) is 0 Å². The molecule has 1 aliphatic heterocycles. The van der Waals surface area contributed by atoms with Gasteiger partial charge in [-0.15, -0.1) is 0 Å². The van der Waals surface area contributed by atoms with E-state index < -0.39 is 12.1 Å². The molecule has 0 fully saturated rings. The van der Waals surface area contributed by atoms with E-state index in [-0.39, 0.29) is 26.1 Å². The Labute approximate surface area is 198 Å². The molecular weight excluding hydrogens is 434 g/mol. The number of carboxylic acid groups (broad SMARTS) is 1. The van der Waals surface area contributed by atoms with Crippen LogP contribution in [-0.2, 0) is 42.1 Å². The molecule has 0 atom stereocenters. The number of nitrogens with one attached hydrogen (secondary N) is 1. The molecule has 2 aromatic heterocycles. The first-order valence-corrected chi connectivity index (χ1v) is 11.5. The second-order valence-electron chi connectivity index (χ2n) is 8.31. The Bertz CT molecular complexity index is 1120. The number of carbonyl (C=O) groups excluding carboxylic acids is 1. The molecule has 0 spiro atoms. The average Bonchev–Trinajstić information content (AvgIpc) is 3.31. The van der Waals surface area contributed by atoms with Gasteiger partial charge >= 0.3 is 12.1 Å². The van der Waals surface area contributed by atoms with Gasteiger partial charge in [0, 0.05) is 43.5 Å². The Balaban J connectivity index is 1.33. The van der Waals surface area contributed by atoms with E-state index in [1.807, 2.05) is 41.2 Å². The van der Waals surface area contributed by atoms with Gasteiger partial charge in [-0.1, -0.05) is 36.4 Å². The highest BCUT2D eigenvalue weighted by atomic mass is 16.6. The summed E-state index contributed by atoms with van der Waals surface area (Å²) in [6.07, 6.45) is 5.78. The maximum atomic E-state index is 12.6. The van der Waals surface area contributed by atoms with E-state index >= 15 is 0 Å². The quantitative estimate of drug-likeness (QED) is 0.474. The number of fused-ring (bicyclic) bond motifs is 1. The molecule has 3 heterocycles. The summed E-state index contributed by atoms with van der Waals surface area (Å²) in [5, 5.41) is 16.8. The fraction of sp³-hybridized carbons (Fsp3) is 0.360. The first-order valence-electron chi connectivity index (χ1n) is 11.5. The van der Waals surface area contributed by atoms with Gasteiger partial charge in [-0.25, -0.2) is 9.78 Å². The van der Waals surface area contributed by atoms with E-state index in [0.29, 0.717) is 6.54 Å². The van der Waals surface area contributed by atoms with Crippen molar-refractivity contribution in [2.24, 2.45) is 0 Å². The monoisotopic (exact) mass is 463 g/mol. The van der Waals surface area contributed by atoms with Crippen LogP contribution in [0.2, 0.25) is 0 Å². The molecule has 1 aromatic carbocycles. The third-order valence-corrected chi connectivity index (χ3v) is 5.67. The van der Waals surface area contributed by atoms with Crippen LogP contribution in [0.1, 0.15) is 35.2 Å². The number of benzene rings is 1. The molecule has 0 radical (unpaired) electrons. The predicted octanol–water partition coefficient (Wildman–Crippen LogP) is 3.49. The molecule has 178 valence electrons. The summed E-state index contributed by atoms with van der Waals surface area (Å²) in [5.74, 6) is 0.0107. The van der Waals surface area contributed by atoms with Gasteiger partial charge in [-0.05, 0) is 30.0 Å². The molecule has 0 unspecified atom stereocenters. The van der Waals surface area contributed by atoms with Gasteiger partial charge in [0.25, 0.3) is 0 Å².